The third-order valence-electron chi connectivity index (χ3n) is 2.73. The molecule has 0 aliphatic rings. The van der Waals surface area contributed by atoms with Gasteiger partial charge in [0, 0.05) is 25.2 Å². The van der Waals surface area contributed by atoms with Crippen molar-refractivity contribution in [3.8, 4) is 0 Å². The molecule has 0 unspecified atom stereocenters. The average molecular weight is 170 g/mol. The molecule has 0 amide bonds. The van der Waals surface area contributed by atoms with Crippen LogP contribution in [0.4, 0.5) is 0 Å². The molecular formula is C10H22N2. The van der Waals surface area contributed by atoms with Crippen LogP contribution in [0, 0.1) is 11.3 Å². The molecule has 0 aromatic rings. The van der Waals surface area contributed by atoms with Crippen molar-refractivity contribution < 1.29 is 0 Å². The van der Waals surface area contributed by atoms with Crippen LogP contribution in [0.5, 0.6) is 0 Å². The van der Waals surface area contributed by atoms with Gasteiger partial charge in [-0.05, 0) is 12.8 Å². The molecule has 0 spiro atoms. The summed E-state index contributed by atoms with van der Waals surface area (Å²) in [4.78, 5) is 0. The maximum atomic E-state index is 4.42. The highest BCUT2D eigenvalue weighted by Gasteiger charge is 2.25. The first kappa shape index (κ1) is 11.5. The molecule has 0 aromatic heterocycles. The third kappa shape index (κ3) is 2.84. The normalized spacial score (nSPS) is 13.8. The maximum absolute atomic E-state index is 4.42. The summed E-state index contributed by atoms with van der Waals surface area (Å²) in [7, 11) is 3.92. The molecule has 0 aliphatic heterocycles. The van der Waals surface area contributed by atoms with Crippen LogP contribution in [0.25, 0.3) is 0 Å². The van der Waals surface area contributed by atoms with Crippen molar-refractivity contribution >= 4 is 5.71 Å². The van der Waals surface area contributed by atoms with E-state index in [4.69, 9.17) is 0 Å². The largest absolute Gasteiger partial charge is 0.303 e. The number of hydrogen-bond donors (Lipinski definition) is 0. The molecule has 0 fully saturated rings. The van der Waals surface area contributed by atoms with Gasteiger partial charge in [0.05, 0.1) is 0 Å². The Kier molecular flexibility index (Phi) is 3.75. The quantitative estimate of drug-likeness (QED) is 0.469. The predicted molar refractivity (Wildman–Crippen MR) is 55.4 cm³/mol. The standard InChI is InChI=1S/C10H22N2/c1-8(2)10(4,5)9(3)11-12(6)7/h8H,1-7H3/b11-9+. The summed E-state index contributed by atoms with van der Waals surface area (Å²) in [5.74, 6) is 0.626. The van der Waals surface area contributed by atoms with E-state index in [0.29, 0.717) is 5.92 Å². The topological polar surface area (TPSA) is 15.6 Å². The van der Waals surface area contributed by atoms with E-state index in [0.717, 1.165) is 0 Å². The molecular weight excluding hydrogens is 148 g/mol. The van der Waals surface area contributed by atoms with Crippen LogP contribution >= 0.6 is 0 Å². The Bertz CT molecular complexity index is 167. The zero-order valence-corrected chi connectivity index (χ0v) is 9.47. The van der Waals surface area contributed by atoms with E-state index in [1.807, 2.05) is 19.1 Å². The molecule has 0 aliphatic carbocycles. The lowest BCUT2D eigenvalue weighted by molar-refractivity contribution is 0.346. The number of nitrogens with zero attached hydrogens (tertiary/aromatic N) is 2. The van der Waals surface area contributed by atoms with Gasteiger partial charge in [0.15, 0.2) is 0 Å². The number of hydrazone groups is 1. The van der Waals surface area contributed by atoms with E-state index >= 15 is 0 Å². The first-order valence-electron chi connectivity index (χ1n) is 4.51. The highest BCUT2D eigenvalue weighted by atomic mass is 15.4. The molecule has 72 valence electrons. The van der Waals surface area contributed by atoms with Gasteiger partial charge in [0.25, 0.3) is 0 Å². The molecule has 0 heterocycles. The summed E-state index contributed by atoms with van der Waals surface area (Å²) in [6.45, 7) is 11.0. The SMILES string of the molecule is C/C(=N\N(C)C)C(C)(C)C(C)C. The lowest BCUT2D eigenvalue weighted by Gasteiger charge is -2.29. The van der Waals surface area contributed by atoms with Gasteiger partial charge < -0.3 is 5.01 Å². The Labute approximate surface area is 76.6 Å². The molecule has 12 heavy (non-hydrogen) atoms. The minimum Gasteiger partial charge on any atom is -0.303 e. The van der Waals surface area contributed by atoms with Crippen LogP contribution in [0.1, 0.15) is 34.6 Å². The Morgan fingerprint density at radius 1 is 1.25 bits per heavy atom. The molecule has 0 atom stereocenters. The fourth-order valence-electron chi connectivity index (χ4n) is 0.847. The van der Waals surface area contributed by atoms with Crippen molar-refractivity contribution in [3.05, 3.63) is 0 Å². The van der Waals surface area contributed by atoms with Gasteiger partial charge in [-0.25, -0.2) is 0 Å². The second kappa shape index (κ2) is 3.92. The van der Waals surface area contributed by atoms with E-state index in [-0.39, 0.29) is 5.41 Å². The molecule has 0 rings (SSSR count). The van der Waals surface area contributed by atoms with Gasteiger partial charge in [-0.1, -0.05) is 27.7 Å². The van der Waals surface area contributed by atoms with Crippen molar-refractivity contribution in [2.24, 2.45) is 16.4 Å². The van der Waals surface area contributed by atoms with Crippen LogP contribution in [0.2, 0.25) is 0 Å². The molecule has 2 nitrogen and oxygen atoms in total. The molecule has 0 saturated carbocycles. The van der Waals surface area contributed by atoms with Crippen LogP contribution in [0.3, 0.4) is 0 Å². The predicted octanol–water partition coefficient (Wildman–Crippen LogP) is 2.61. The van der Waals surface area contributed by atoms with Crippen LogP contribution in [-0.2, 0) is 0 Å². The summed E-state index contributed by atoms with van der Waals surface area (Å²) >= 11 is 0. The smallest absolute Gasteiger partial charge is 0.0408 e. The van der Waals surface area contributed by atoms with Gasteiger partial charge in [-0.2, -0.15) is 5.10 Å². The Morgan fingerprint density at radius 2 is 1.67 bits per heavy atom. The van der Waals surface area contributed by atoms with Crippen LogP contribution in [0.15, 0.2) is 5.10 Å². The monoisotopic (exact) mass is 170 g/mol. The van der Waals surface area contributed by atoms with E-state index in [1.54, 1.807) is 0 Å². The maximum Gasteiger partial charge on any atom is 0.0408 e. The van der Waals surface area contributed by atoms with Crippen molar-refractivity contribution in [1.82, 2.24) is 5.01 Å². The lowest BCUT2D eigenvalue weighted by atomic mass is 9.77. The van der Waals surface area contributed by atoms with E-state index in [1.165, 1.54) is 5.71 Å². The fraction of sp³-hybridized carbons (Fsp3) is 0.900. The Hall–Kier alpha value is -0.530. The van der Waals surface area contributed by atoms with Gasteiger partial charge in [-0.3, -0.25) is 0 Å². The minimum atomic E-state index is 0.199. The molecule has 0 bridgehead atoms. The van der Waals surface area contributed by atoms with Crippen molar-refractivity contribution in [2.75, 3.05) is 14.1 Å². The fourth-order valence-corrected chi connectivity index (χ4v) is 0.847. The number of rotatable bonds is 3. The first-order valence-corrected chi connectivity index (χ1v) is 4.51. The van der Waals surface area contributed by atoms with Crippen molar-refractivity contribution in [2.45, 2.75) is 34.6 Å². The van der Waals surface area contributed by atoms with Crippen molar-refractivity contribution in [3.63, 3.8) is 0 Å². The van der Waals surface area contributed by atoms with Crippen molar-refractivity contribution in [1.29, 1.82) is 0 Å². The Balaban J connectivity index is 4.56. The molecule has 0 radical (unpaired) electrons. The zero-order chi connectivity index (χ0) is 9.94. The first-order chi connectivity index (χ1) is 5.28. The summed E-state index contributed by atoms with van der Waals surface area (Å²) in [5, 5.41) is 6.28. The number of hydrogen-bond acceptors (Lipinski definition) is 2. The second-order valence-corrected chi connectivity index (χ2v) is 4.41. The third-order valence-corrected chi connectivity index (χ3v) is 2.73. The molecule has 0 saturated heterocycles. The van der Waals surface area contributed by atoms with Gasteiger partial charge in [0.2, 0.25) is 0 Å². The average Bonchev–Trinajstić information content (AvgIpc) is 1.85. The summed E-state index contributed by atoms with van der Waals surface area (Å²) in [6.07, 6.45) is 0. The summed E-state index contributed by atoms with van der Waals surface area (Å²) < 4.78 is 0. The highest BCUT2D eigenvalue weighted by Crippen LogP contribution is 2.27. The zero-order valence-electron chi connectivity index (χ0n) is 9.47. The van der Waals surface area contributed by atoms with Gasteiger partial charge in [-0.15, -0.1) is 0 Å². The molecule has 0 aromatic carbocycles. The molecule has 0 N–H and O–H groups in total. The summed E-state index contributed by atoms with van der Waals surface area (Å²) in [5.41, 5.74) is 1.40. The van der Waals surface area contributed by atoms with E-state index in [9.17, 15) is 0 Å². The lowest BCUT2D eigenvalue weighted by Crippen LogP contribution is -2.29. The summed E-state index contributed by atoms with van der Waals surface area (Å²) in [6, 6.07) is 0. The second-order valence-electron chi connectivity index (χ2n) is 4.41. The Morgan fingerprint density at radius 3 is 1.92 bits per heavy atom. The highest BCUT2D eigenvalue weighted by molar-refractivity contribution is 5.87. The van der Waals surface area contributed by atoms with Crippen LogP contribution in [-0.4, -0.2) is 24.8 Å². The van der Waals surface area contributed by atoms with E-state index < -0.39 is 0 Å². The van der Waals surface area contributed by atoms with E-state index in [2.05, 4.69) is 39.7 Å². The van der Waals surface area contributed by atoms with Gasteiger partial charge >= 0.3 is 0 Å². The molecule has 2 heteroatoms. The minimum absolute atomic E-state index is 0.199. The van der Waals surface area contributed by atoms with Crippen LogP contribution < -0.4 is 0 Å². The van der Waals surface area contributed by atoms with Gasteiger partial charge in [0.1, 0.15) is 0 Å².